The lowest BCUT2D eigenvalue weighted by Crippen LogP contribution is -2.38. The molecule has 0 saturated heterocycles. The number of amides is 1. The number of rotatable bonds is 10. The van der Waals surface area contributed by atoms with Crippen molar-refractivity contribution in [2.75, 3.05) is 42.7 Å². The van der Waals surface area contributed by atoms with Crippen molar-refractivity contribution in [3.8, 4) is 0 Å². The maximum Gasteiger partial charge on any atom is 0.338 e. The number of anilines is 3. The average Bonchev–Trinajstić information content (AvgIpc) is 3.46. The van der Waals surface area contributed by atoms with Gasteiger partial charge >= 0.3 is 5.97 Å². The van der Waals surface area contributed by atoms with E-state index in [4.69, 9.17) is 5.73 Å². The predicted molar refractivity (Wildman–Crippen MR) is 129 cm³/mol. The number of fused-ring (bicyclic) bond motifs is 1. The van der Waals surface area contributed by atoms with Crippen LogP contribution in [0.1, 0.15) is 34.7 Å². The molecule has 0 radical (unpaired) electrons. The van der Waals surface area contributed by atoms with Crippen LogP contribution >= 0.6 is 0 Å². The Hall–Kier alpha value is -4.12. The number of imidazole rings is 1. The SMILES string of the molecule is CN(C)CCNc1ccc(C2Nc3nccc(C(=O)O)c3N2C(CC(N)=O)n2ccnc2)cc1. The summed E-state index contributed by atoms with van der Waals surface area (Å²) < 4.78 is 1.74. The molecular weight excluding hydrogens is 436 g/mol. The Balaban J connectivity index is 1.73. The number of nitrogens with two attached hydrogens (primary N) is 1. The number of likely N-dealkylation sites (N-methyl/N-ethyl adjacent to an activating group) is 1. The van der Waals surface area contributed by atoms with Gasteiger partial charge in [-0.05, 0) is 37.9 Å². The van der Waals surface area contributed by atoms with Crippen LogP contribution in [-0.4, -0.2) is 63.6 Å². The molecule has 5 N–H and O–H groups in total. The summed E-state index contributed by atoms with van der Waals surface area (Å²) in [5, 5.41) is 16.6. The van der Waals surface area contributed by atoms with E-state index in [0.29, 0.717) is 11.5 Å². The highest BCUT2D eigenvalue weighted by Gasteiger charge is 2.40. The number of nitrogens with zero attached hydrogens (tertiary/aromatic N) is 5. The predicted octanol–water partition coefficient (Wildman–Crippen LogP) is 1.95. The molecule has 0 spiro atoms. The fourth-order valence-corrected chi connectivity index (χ4v) is 4.07. The van der Waals surface area contributed by atoms with Crippen LogP contribution in [0, 0.1) is 0 Å². The first-order valence-electron chi connectivity index (χ1n) is 10.9. The van der Waals surface area contributed by atoms with Crippen molar-refractivity contribution in [2.45, 2.75) is 18.8 Å². The molecule has 3 aromatic rings. The second kappa shape index (κ2) is 9.79. The summed E-state index contributed by atoms with van der Waals surface area (Å²) in [4.78, 5) is 36.5. The molecule has 0 aliphatic carbocycles. The highest BCUT2D eigenvalue weighted by molar-refractivity contribution is 5.99. The highest BCUT2D eigenvalue weighted by atomic mass is 16.4. The van der Waals surface area contributed by atoms with Gasteiger partial charge in [0.2, 0.25) is 5.91 Å². The molecule has 1 aliphatic rings. The van der Waals surface area contributed by atoms with Crippen molar-refractivity contribution < 1.29 is 14.7 Å². The number of carbonyl (C=O) groups excluding carboxylic acids is 1. The van der Waals surface area contributed by atoms with E-state index in [1.165, 1.54) is 12.3 Å². The first-order valence-corrected chi connectivity index (χ1v) is 10.9. The topological polar surface area (TPSA) is 142 Å². The Kier molecular flexibility index (Phi) is 6.64. The number of primary amides is 1. The van der Waals surface area contributed by atoms with Gasteiger partial charge in [-0.3, -0.25) is 4.79 Å². The van der Waals surface area contributed by atoms with Gasteiger partial charge in [0.25, 0.3) is 0 Å². The van der Waals surface area contributed by atoms with Crippen LogP contribution in [0.3, 0.4) is 0 Å². The van der Waals surface area contributed by atoms with E-state index < -0.39 is 24.2 Å². The lowest BCUT2D eigenvalue weighted by molar-refractivity contribution is -0.118. The molecule has 178 valence electrons. The van der Waals surface area contributed by atoms with Gasteiger partial charge in [0.1, 0.15) is 12.3 Å². The zero-order valence-electron chi connectivity index (χ0n) is 19.0. The zero-order valence-corrected chi connectivity index (χ0v) is 19.0. The lowest BCUT2D eigenvalue weighted by atomic mass is 10.1. The maximum absolute atomic E-state index is 12.1. The van der Waals surface area contributed by atoms with Crippen LogP contribution in [0.5, 0.6) is 0 Å². The molecule has 2 atom stereocenters. The molecule has 0 fully saturated rings. The second-order valence-electron chi connectivity index (χ2n) is 8.33. The molecule has 0 saturated carbocycles. The number of hydrogen-bond donors (Lipinski definition) is 4. The molecule has 11 nitrogen and oxygen atoms in total. The third-order valence-corrected chi connectivity index (χ3v) is 5.65. The minimum absolute atomic E-state index is 0.0495. The van der Waals surface area contributed by atoms with E-state index in [1.54, 1.807) is 23.3 Å². The van der Waals surface area contributed by atoms with Gasteiger partial charge in [-0.1, -0.05) is 12.1 Å². The van der Waals surface area contributed by atoms with Crippen molar-refractivity contribution >= 4 is 29.1 Å². The van der Waals surface area contributed by atoms with Gasteiger partial charge < -0.3 is 35.8 Å². The van der Waals surface area contributed by atoms with Gasteiger partial charge in [0, 0.05) is 37.4 Å². The van der Waals surface area contributed by atoms with Gasteiger partial charge in [-0.15, -0.1) is 0 Å². The summed E-state index contributed by atoms with van der Waals surface area (Å²) in [6.45, 7) is 1.71. The molecule has 1 aromatic carbocycles. The van der Waals surface area contributed by atoms with Crippen LogP contribution in [0.4, 0.5) is 17.2 Å². The minimum atomic E-state index is -1.09. The van der Waals surface area contributed by atoms with E-state index in [2.05, 4.69) is 25.5 Å². The van der Waals surface area contributed by atoms with E-state index >= 15 is 0 Å². The maximum atomic E-state index is 12.1. The van der Waals surface area contributed by atoms with Crippen molar-refractivity contribution in [2.24, 2.45) is 5.73 Å². The molecule has 4 rings (SSSR count). The van der Waals surface area contributed by atoms with Gasteiger partial charge in [-0.2, -0.15) is 0 Å². The number of benzene rings is 1. The van der Waals surface area contributed by atoms with E-state index in [0.717, 1.165) is 24.3 Å². The smallest absolute Gasteiger partial charge is 0.338 e. The fourth-order valence-electron chi connectivity index (χ4n) is 4.07. The van der Waals surface area contributed by atoms with Crippen LogP contribution in [-0.2, 0) is 4.79 Å². The van der Waals surface area contributed by atoms with E-state index in [9.17, 15) is 14.7 Å². The first kappa shape index (κ1) is 23.1. The van der Waals surface area contributed by atoms with Gasteiger partial charge in [0.15, 0.2) is 5.82 Å². The minimum Gasteiger partial charge on any atom is -0.478 e. The highest BCUT2D eigenvalue weighted by Crippen LogP contribution is 2.46. The molecule has 2 aromatic heterocycles. The molecule has 2 unspecified atom stereocenters. The van der Waals surface area contributed by atoms with Gasteiger partial charge in [0.05, 0.1) is 24.0 Å². The Labute approximate surface area is 197 Å². The van der Waals surface area contributed by atoms with Crippen LogP contribution in [0.25, 0.3) is 0 Å². The normalized spacial score (nSPS) is 15.6. The number of carbonyl (C=O) groups is 2. The summed E-state index contributed by atoms with van der Waals surface area (Å²) in [6.07, 6.45) is 5.21. The number of aromatic carboxylic acids is 1. The van der Waals surface area contributed by atoms with Crippen LogP contribution < -0.4 is 21.3 Å². The van der Waals surface area contributed by atoms with Crippen molar-refractivity contribution in [1.82, 2.24) is 19.4 Å². The first-order chi connectivity index (χ1) is 16.3. The molecule has 1 aliphatic heterocycles. The second-order valence-corrected chi connectivity index (χ2v) is 8.33. The molecule has 0 bridgehead atoms. The largest absolute Gasteiger partial charge is 0.478 e. The summed E-state index contributed by atoms with van der Waals surface area (Å²) in [7, 11) is 4.04. The standard InChI is InChI=1S/C23H28N8O3/c1-29(2)11-10-26-16-5-3-15(4-6-16)22-28-21-20(17(23(33)34)7-8-27-21)31(22)19(13-18(24)32)30-12-9-25-14-30/h3-9,12,14,19,22,26H,10-11,13H2,1-2H3,(H2,24,32)(H,27,28)(H,33,34). The summed E-state index contributed by atoms with van der Waals surface area (Å²) in [5.74, 6) is -1.19. The average molecular weight is 465 g/mol. The van der Waals surface area contributed by atoms with Crippen molar-refractivity contribution in [1.29, 1.82) is 0 Å². The third-order valence-electron chi connectivity index (χ3n) is 5.65. The Morgan fingerprint density at radius 1 is 1.24 bits per heavy atom. The van der Waals surface area contributed by atoms with Crippen molar-refractivity contribution in [3.63, 3.8) is 0 Å². The molecule has 1 amide bonds. The Morgan fingerprint density at radius 2 is 2.00 bits per heavy atom. The zero-order chi connectivity index (χ0) is 24.2. The number of hydrogen-bond acceptors (Lipinski definition) is 8. The molecular formula is C23H28N8O3. The summed E-state index contributed by atoms with van der Waals surface area (Å²) in [5.41, 5.74) is 7.92. The van der Waals surface area contributed by atoms with Crippen LogP contribution in [0.2, 0.25) is 0 Å². The molecule has 11 heteroatoms. The van der Waals surface area contributed by atoms with Crippen LogP contribution in [0.15, 0.2) is 55.2 Å². The molecule has 3 heterocycles. The Morgan fingerprint density at radius 3 is 2.62 bits per heavy atom. The van der Waals surface area contributed by atoms with E-state index in [1.807, 2.05) is 43.3 Å². The number of carboxylic acid groups (broad SMARTS) is 1. The summed E-state index contributed by atoms with van der Waals surface area (Å²) in [6, 6.07) is 9.32. The quantitative estimate of drug-likeness (QED) is 0.354. The third kappa shape index (κ3) is 4.79. The van der Waals surface area contributed by atoms with E-state index in [-0.39, 0.29) is 12.0 Å². The molecule has 34 heavy (non-hydrogen) atoms. The number of nitrogens with one attached hydrogen (secondary N) is 2. The number of aromatic nitrogens is 3. The number of carboxylic acids is 1. The Bertz CT molecular complexity index is 1150. The lowest BCUT2D eigenvalue weighted by Gasteiger charge is -2.35. The summed E-state index contributed by atoms with van der Waals surface area (Å²) >= 11 is 0. The van der Waals surface area contributed by atoms with Gasteiger partial charge in [-0.25, -0.2) is 14.8 Å². The monoisotopic (exact) mass is 464 g/mol. The number of pyridine rings is 1. The van der Waals surface area contributed by atoms with Crippen molar-refractivity contribution in [3.05, 3.63) is 66.4 Å². The fraction of sp³-hybridized carbons (Fsp3) is 0.304.